The Balaban J connectivity index is 0.00000256. The molecular weight excluding hydrogens is 240 g/mol. The highest BCUT2D eigenvalue weighted by molar-refractivity contribution is 5.85. The lowest BCUT2D eigenvalue weighted by Crippen LogP contribution is -2.60. The second kappa shape index (κ2) is 5.44. The molecule has 0 saturated heterocycles. The van der Waals surface area contributed by atoms with Crippen LogP contribution in [0.5, 0.6) is 0 Å². The molecule has 0 aromatic heterocycles. The van der Waals surface area contributed by atoms with Gasteiger partial charge in [-0.3, -0.25) is 0 Å². The smallest absolute Gasteiger partial charge is 0.407 e. The fourth-order valence-corrected chi connectivity index (χ4v) is 2.11. The van der Waals surface area contributed by atoms with Crippen molar-refractivity contribution < 1.29 is 9.53 Å². The number of carbonyl (C=O) groups is 1. The number of nitrogens with two attached hydrogens (primary N) is 1. The van der Waals surface area contributed by atoms with Crippen molar-refractivity contribution in [3.63, 3.8) is 0 Å². The third kappa shape index (κ3) is 4.03. The Labute approximate surface area is 110 Å². The molecule has 0 heterocycles. The summed E-state index contributed by atoms with van der Waals surface area (Å²) in [4.78, 5) is 11.6. The van der Waals surface area contributed by atoms with Crippen molar-refractivity contribution in [3.05, 3.63) is 0 Å². The van der Waals surface area contributed by atoms with Gasteiger partial charge < -0.3 is 15.8 Å². The topological polar surface area (TPSA) is 64.3 Å². The van der Waals surface area contributed by atoms with E-state index in [0.29, 0.717) is 12.5 Å². The molecular formula is C12H25ClN2O2. The number of alkyl carbamates (subject to hydrolysis) is 1. The number of carbonyl (C=O) groups excluding carboxylic acids is 1. The molecule has 1 fully saturated rings. The highest BCUT2D eigenvalue weighted by Gasteiger charge is 2.48. The van der Waals surface area contributed by atoms with Gasteiger partial charge in [0.05, 0.1) is 0 Å². The van der Waals surface area contributed by atoms with Crippen LogP contribution in [0.15, 0.2) is 0 Å². The first-order chi connectivity index (χ1) is 7.16. The molecule has 3 N–H and O–H groups in total. The molecule has 2 unspecified atom stereocenters. The molecule has 0 bridgehead atoms. The van der Waals surface area contributed by atoms with E-state index in [1.54, 1.807) is 0 Å². The predicted molar refractivity (Wildman–Crippen MR) is 71.3 cm³/mol. The molecule has 17 heavy (non-hydrogen) atoms. The minimum absolute atomic E-state index is 0. The van der Waals surface area contributed by atoms with Crippen LogP contribution < -0.4 is 11.1 Å². The second-order valence-corrected chi connectivity index (χ2v) is 6.19. The monoisotopic (exact) mass is 264 g/mol. The zero-order valence-corrected chi connectivity index (χ0v) is 12.2. The van der Waals surface area contributed by atoms with Crippen LogP contribution in [0.1, 0.15) is 41.0 Å². The molecule has 0 aromatic rings. The number of nitrogens with one attached hydrogen (secondary N) is 1. The Hall–Kier alpha value is -0.480. The van der Waals surface area contributed by atoms with Crippen molar-refractivity contribution in [2.75, 3.05) is 6.54 Å². The molecule has 1 aliphatic rings. The Kier molecular flexibility index (Phi) is 5.29. The molecule has 2 atom stereocenters. The maximum Gasteiger partial charge on any atom is 0.407 e. The van der Waals surface area contributed by atoms with E-state index in [2.05, 4.69) is 19.2 Å². The van der Waals surface area contributed by atoms with Crippen LogP contribution in [0.2, 0.25) is 0 Å². The van der Waals surface area contributed by atoms with Crippen LogP contribution in [-0.4, -0.2) is 24.3 Å². The van der Waals surface area contributed by atoms with Crippen LogP contribution in [0, 0.1) is 11.3 Å². The number of hydrogen-bond donors (Lipinski definition) is 2. The van der Waals surface area contributed by atoms with Gasteiger partial charge in [-0.25, -0.2) is 4.79 Å². The van der Waals surface area contributed by atoms with Crippen molar-refractivity contribution in [2.24, 2.45) is 17.1 Å². The average Bonchev–Trinajstić information content (AvgIpc) is 2.08. The third-order valence-electron chi connectivity index (χ3n) is 3.45. The average molecular weight is 265 g/mol. The number of amides is 1. The fraction of sp³-hybridized carbons (Fsp3) is 0.917. The van der Waals surface area contributed by atoms with Crippen molar-refractivity contribution >= 4 is 18.5 Å². The summed E-state index contributed by atoms with van der Waals surface area (Å²) in [6, 6.07) is 0.177. The summed E-state index contributed by atoms with van der Waals surface area (Å²) in [6.45, 7) is 10.5. The van der Waals surface area contributed by atoms with E-state index in [-0.39, 0.29) is 30.0 Å². The Bertz CT molecular complexity index is 274. The lowest BCUT2D eigenvalue weighted by atomic mass is 9.58. The minimum atomic E-state index is -0.439. The first-order valence-electron chi connectivity index (χ1n) is 5.86. The summed E-state index contributed by atoms with van der Waals surface area (Å²) >= 11 is 0. The summed E-state index contributed by atoms with van der Waals surface area (Å²) in [7, 11) is 0. The molecule has 0 spiro atoms. The maximum atomic E-state index is 11.6. The van der Waals surface area contributed by atoms with Gasteiger partial charge in [0.25, 0.3) is 0 Å². The predicted octanol–water partition coefficient (Wildman–Crippen LogP) is 2.31. The van der Waals surface area contributed by atoms with Gasteiger partial charge in [-0.15, -0.1) is 12.4 Å². The van der Waals surface area contributed by atoms with E-state index in [1.165, 1.54) is 0 Å². The van der Waals surface area contributed by atoms with Crippen LogP contribution in [-0.2, 0) is 4.74 Å². The minimum Gasteiger partial charge on any atom is -0.444 e. The molecule has 0 aliphatic heterocycles. The molecule has 102 valence electrons. The van der Waals surface area contributed by atoms with Gasteiger partial charge in [-0.1, -0.05) is 13.8 Å². The van der Waals surface area contributed by atoms with Gasteiger partial charge in [0.2, 0.25) is 0 Å². The zero-order chi connectivity index (χ0) is 12.6. The molecule has 4 nitrogen and oxygen atoms in total. The first kappa shape index (κ1) is 16.5. The van der Waals surface area contributed by atoms with Crippen LogP contribution in [0.25, 0.3) is 0 Å². The fourth-order valence-electron chi connectivity index (χ4n) is 2.11. The van der Waals surface area contributed by atoms with Gasteiger partial charge in [0.1, 0.15) is 5.60 Å². The highest BCUT2D eigenvalue weighted by Crippen LogP contribution is 2.45. The van der Waals surface area contributed by atoms with Crippen LogP contribution >= 0.6 is 12.4 Å². The maximum absolute atomic E-state index is 11.6. The normalized spacial score (nSPS) is 26.5. The van der Waals surface area contributed by atoms with Gasteiger partial charge >= 0.3 is 6.09 Å². The molecule has 1 rings (SSSR count). The summed E-state index contributed by atoms with van der Waals surface area (Å²) in [6.07, 6.45) is 0.615. The Morgan fingerprint density at radius 1 is 1.47 bits per heavy atom. The van der Waals surface area contributed by atoms with Crippen LogP contribution in [0.3, 0.4) is 0 Å². The zero-order valence-electron chi connectivity index (χ0n) is 11.4. The van der Waals surface area contributed by atoms with Crippen molar-refractivity contribution in [1.82, 2.24) is 5.32 Å². The summed E-state index contributed by atoms with van der Waals surface area (Å²) in [5.74, 6) is 0.493. The lowest BCUT2D eigenvalue weighted by molar-refractivity contribution is 0.00167. The first-order valence-corrected chi connectivity index (χ1v) is 5.86. The summed E-state index contributed by atoms with van der Waals surface area (Å²) in [5.41, 5.74) is 5.30. The number of halogens is 1. The highest BCUT2D eigenvalue weighted by atomic mass is 35.5. The lowest BCUT2D eigenvalue weighted by Gasteiger charge is -2.51. The van der Waals surface area contributed by atoms with E-state index < -0.39 is 5.60 Å². The molecule has 1 saturated carbocycles. The summed E-state index contributed by atoms with van der Waals surface area (Å²) in [5, 5.41) is 2.91. The molecule has 1 aliphatic carbocycles. The van der Waals surface area contributed by atoms with Gasteiger partial charge in [-0.2, -0.15) is 0 Å². The largest absolute Gasteiger partial charge is 0.444 e. The van der Waals surface area contributed by atoms with E-state index in [0.717, 1.165) is 6.42 Å². The third-order valence-corrected chi connectivity index (χ3v) is 3.45. The van der Waals surface area contributed by atoms with Crippen molar-refractivity contribution in [3.8, 4) is 0 Å². The standard InChI is InChI=1S/C12H24N2O2.ClH/c1-11(2,3)16-10(15)14-9-6-8(7-13)12(9,4)5;/h8-9H,6-7,13H2,1-5H3,(H,14,15);1H. The van der Waals surface area contributed by atoms with Gasteiger partial charge in [-0.05, 0) is 45.1 Å². The van der Waals surface area contributed by atoms with Crippen LogP contribution in [0.4, 0.5) is 4.79 Å². The Morgan fingerprint density at radius 2 is 2.00 bits per heavy atom. The number of hydrogen-bond acceptors (Lipinski definition) is 3. The van der Waals surface area contributed by atoms with E-state index >= 15 is 0 Å². The van der Waals surface area contributed by atoms with Crippen molar-refractivity contribution in [2.45, 2.75) is 52.7 Å². The van der Waals surface area contributed by atoms with Crippen molar-refractivity contribution in [1.29, 1.82) is 0 Å². The molecule has 5 heteroatoms. The quantitative estimate of drug-likeness (QED) is 0.804. The Morgan fingerprint density at radius 3 is 2.35 bits per heavy atom. The molecule has 0 radical (unpaired) electrons. The van der Waals surface area contributed by atoms with E-state index in [1.807, 2.05) is 20.8 Å². The van der Waals surface area contributed by atoms with Gasteiger partial charge in [0, 0.05) is 6.04 Å². The number of ether oxygens (including phenoxy) is 1. The molecule has 0 aromatic carbocycles. The SMILES string of the molecule is CC(C)(C)OC(=O)NC1CC(CN)C1(C)C.Cl. The number of rotatable bonds is 2. The summed E-state index contributed by atoms with van der Waals surface area (Å²) < 4.78 is 5.22. The van der Waals surface area contributed by atoms with E-state index in [9.17, 15) is 4.79 Å². The second-order valence-electron chi connectivity index (χ2n) is 6.19. The van der Waals surface area contributed by atoms with Gasteiger partial charge in [0.15, 0.2) is 0 Å². The van der Waals surface area contributed by atoms with E-state index in [4.69, 9.17) is 10.5 Å². The molecule has 1 amide bonds.